The zero-order chi connectivity index (χ0) is 14.1. The van der Waals surface area contributed by atoms with Gasteiger partial charge in [0.15, 0.2) is 0 Å². The first-order chi connectivity index (χ1) is 9.13. The van der Waals surface area contributed by atoms with Gasteiger partial charge in [-0.1, -0.05) is 30.3 Å². The monoisotopic (exact) mass is 263 g/mol. The Morgan fingerprint density at radius 2 is 1.84 bits per heavy atom. The third kappa shape index (κ3) is 6.36. The van der Waals surface area contributed by atoms with Crippen LogP contribution >= 0.6 is 0 Å². The lowest BCUT2D eigenvalue weighted by atomic mass is 9.91. The van der Waals surface area contributed by atoms with Crippen LogP contribution in [0.25, 0.3) is 0 Å². The zero-order valence-electron chi connectivity index (χ0n) is 11.4. The maximum Gasteiger partial charge on any atom is 0.220 e. The van der Waals surface area contributed by atoms with Crippen molar-refractivity contribution in [2.24, 2.45) is 23.1 Å². The fraction of sp³-hybridized carbons (Fsp3) is 0.533. The van der Waals surface area contributed by atoms with Crippen LogP contribution in [0.1, 0.15) is 31.2 Å². The third-order valence-corrected chi connectivity index (χ3v) is 3.39. The van der Waals surface area contributed by atoms with E-state index in [1.165, 1.54) is 5.56 Å². The minimum absolute atomic E-state index is 0.0109. The van der Waals surface area contributed by atoms with E-state index in [1.807, 2.05) is 18.2 Å². The van der Waals surface area contributed by atoms with E-state index in [0.717, 1.165) is 25.7 Å². The zero-order valence-corrected chi connectivity index (χ0v) is 11.4. The van der Waals surface area contributed by atoms with Gasteiger partial charge in [0.2, 0.25) is 5.91 Å². The topological polar surface area (TPSA) is 95.1 Å². The summed E-state index contributed by atoms with van der Waals surface area (Å²) in [7, 11) is 0. The summed E-state index contributed by atoms with van der Waals surface area (Å²) in [6, 6.07) is 10.1. The second kappa shape index (κ2) is 8.67. The van der Waals surface area contributed by atoms with E-state index in [9.17, 15) is 4.79 Å². The molecule has 0 aromatic heterocycles. The molecule has 0 heterocycles. The normalized spacial score (nSPS) is 14.0. The quantitative estimate of drug-likeness (QED) is 0.624. The number of amides is 1. The summed E-state index contributed by atoms with van der Waals surface area (Å²) in [5, 5.41) is 0. The van der Waals surface area contributed by atoms with Gasteiger partial charge < -0.3 is 17.2 Å². The molecule has 4 nitrogen and oxygen atoms in total. The number of hydrogen-bond donors (Lipinski definition) is 3. The van der Waals surface area contributed by atoms with Crippen LogP contribution < -0.4 is 17.2 Å². The molecule has 0 radical (unpaired) electrons. The van der Waals surface area contributed by atoms with Gasteiger partial charge in [-0.05, 0) is 44.2 Å². The molecular weight excluding hydrogens is 238 g/mol. The largest absolute Gasteiger partial charge is 0.369 e. The van der Waals surface area contributed by atoms with Crippen molar-refractivity contribution in [2.75, 3.05) is 6.54 Å². The van der Waals surface area contributed by atoms with E-state index < -0.39 is 0 Å². The van der Waals surface area contributed by atoms with E-state index in [2.05, 4.69) is 12.1 Å². The van der Waals surface area contributed by atoms with Gasteiger partial charge in [-0.2, -0.15) is 0 Å². The van der Waals surface area contributed by atoms with Crippen LogP contribution in [0.4, 0.5) is 0 Å². The number of hydrogen-bond acceptors (Lipinski definition) is 3. The molecule has 1 amide bonds. The number of aryl methyl sites for hydroxylation is 1. The lowest BCUT2D eigenvalue weighted by Gasteiger charge is -2.18. The fourth-order valence-corrected chi connectivity index (χ4v) is 2.23. The molecule has 0 saturated heterocycles. The second-order valence-corrected chi connectivity index (χ2v) is 5.05. The summed E-state index contributed by atoms with van der Waals surface area (Å²) in [4.78, 5) is 11.5. The average molecular weight is 263 g/mol. The molecule has 2 atom stereocenters. The van der Waals surface area contributed by atoms with Gasteiger partial charge in [0.1, 0.15) is 0 Å². The summed E-state index contributed by atoms with van der Waals surface area (Å²) >= 11 is 0. The Kier molecular flexibility index (Phi) is 7.15. The highest BCUT2D eigenvalue weighted by molar-refractivity contribution is 5.76. The molecule has 0 spiro atoms. The highest BCUT2D eigenvalue weighted by Gasteiger charge is 2.18. The first-order valence-electron chi connectivity index (χ1n) is 6.92. The minimum atomic E-state index is -0.251. The molecule has 1 unspecified atom stereocenters. The van der Waals surface area contributed by atoms with Gasteiger partial charge in [-0.3, -0.25) is 4.79 Å². The van der Waals surface area contributed by atoms with E-state index in [-0.39, 0.29) is 17.9 Å². The molecule has 1 aromatic rings. The summed E-state index contributed by atoms with van der Waals surface area (Å²) < 4.78 is 0. The Balaban J connectivity index is 2.42. The molecule has 4 heteroatoms. The van der Waals surface area contributed by atoms with Crippen molar-refractivity contribution in [3.63, 3.8) is 0 Å². The molecule has 0 bridgehead atoms. The molecule has 0 aliphatic carbocycles. The van der Waals surface area contributed by atoms with Gasteiger partial charge in [0.05, 0.1) is 0 Å². The molecule has 0 saturated carbocycles. The van der Waals surface area contributed by atoms with Crippen LogP contribution in [-0.4, -0.2) is 18.5 Å². The Bertz CT molecular complexity index is 367. The van der Waals surface area contributed by atoms with E-state index in [4.69, 9.17) is 17.2 Å². The Hall–Kier alpha value is -1.39. The summed E-state index contributed by atoms with van der Waals surface area (Å²) in [5.74, 6) is -0.396. The lowest BCUT2D eigenvalue weighted by Crippen LogP contribution is -2.32. The highest BCUT2D eigenvalue weighted by Crippen LogP contribution is 2.16. The van der Waals surface area contributed by atoms with Gasteiger partial charge in [-0.25, -0.2) is 0 Å². The molecular formula is C15H25N3O. The fourth-order valence-electron chi connectivity index (χ4n) is 2.23. The van der Waals surface area contributed by atoms with Crippen molar-refractivity contribution in [1.82, 2.24) is 0 Å². The van der Waals surface area contributed by atoms with Crippen LogP contribution in [0.3, 0.4) is 0 Å². The molecule has 6 N–H and O–H groups in total. The molecule has 19 heavy (non-hydrogen) atoms. The van der Waals surface area contributed by atoms with E-state index in [0.29, 0.717) is 13.0 Å². The van der Waals surface area contributed by atoms with E-state index in [1.54, 1.807) is 0 Å². The average Bonchev–Trinajstić information content (AvgIpc) is 2.42. The molecule has 0 aliphatic heterocycles. The van der Waals surface area contributed by atoms with Crippen molar-refractivity contribution in [2.45, 2.75) is 38.1 Å². The molecule has 0 aliphatic rings. The minimum Gasteiger partial charge on any atom is -0.369 e. The number of benzene rings is 1. The Morgan fingerprint density at radius 3 is 2.42 bits per heavy atom. The van der Waals surface area contributed by atoms with Gasteiger partial charge in [-0.15, -0.1) is 0 Å². The molecule has 1 rings (SSSR count). The summed E-state index contributed by atoms with van der Waals surface area (Å²) in [6.07, 6.45) is 4.02. The van der Waals surface area contributed by atoms with Crippen LogP contribution in [0.2, 0.25) is 0 Å². The van der Waals surface area contributed by atoms with Crippen LogP contribution in [0.5, 0.6) is 0 Å². The van der Waals surface area contributed by atoms with Crippen molar-refractivity contribution < 1.29 is 4.79 Å². The lowest BCUT2D eigenvalue weighted by molar-refractivity contribution is -0.122. The van der Waals surface area contributed by atoms with Gasteiger partial charge in [0, 0.05) is 12.0 Å². The second-order valence-electron chi connectivity index (χ2n) is 5.05. The van der Waals surface area contributed by atoms with Crippen molar-refractivity contribution >= 4 is 5.91 Å². The summed E-state index contributed by atoms with van der Waals surface area (Å²) in [6.45, 7) is 0.638. The van der Waals surface area contributed by atoms with Crippen LogP contribution in [0, 0.1) is 5.92 Å². The Labute approximate surface area is 115 Å². The Morgan fingerprint density at radius 1 is 1.16 bits per heavy atom. The number of carbonyl (C=O) groups excluding carboxylic acids is 1. The van der Waals surface area contributed by atoms with Gasteiger partial charge in [0.25, 0.3) is 0 Å². The van der Waals surface area contributed by atoms with Crippen molar-refractivity contribution in [3.05, 3.63) is 35.9 Å². The first kappa shape index (κ1) is 15.7. The first-order valence-corrected chi connectivity index (χ1v) is 6.92. The van der Waals surface area contributed by atoms with Crippen molar-refractivity contribution in [1.29, 1.82) is 0 Å². The molecule has 106 valence electrons. The number of nitrogens with two attached hydrogens (primary N) is 3. The highest BCUT2D eigenvalue weighted by atomic mass is 16.1. The standard InChI is InChI=1S/C15H25N3O/c16-10-4-7-14(17)11-13(15(18)19)9-8-12-5-2-1-3-6-12/h1-3,5-6,13-14H,4,7-11,16-17H2,(H2,18,19)/t13?,14-/m0/s1. The predicted molar refractivity (Wildman–Crippen MR) is 78.3 cm³/mol. The number of carbonyl (C=O) groups is 1. The predicted octanol–water partition coefficient (Wildman–Crippen LogP) is 1.18. The van der Waals surface area contributed by atoms with Crippen LogP contribution in [0.15, 0.2) is 30.3 Å². The smallest absolute Gasteiger partial charge is 0.220 e. The van der Waals surface area contributed by atoms with Gasteiger partial charge >= 0.3 is 0 Å². The molecule has 1 aromatic carbocycles. The maximum atomic E-state index is 11.5. The number of primary amides is 1. The summed E-state index contributed by atoms with van der Waals surface area (Å²) in [5.41, 5.74) is 18.1. The number of rotatable bonds is 9. The molecule has 0 fully saturated rings. The van der Waals surface area contributed by atoms with Crippen molar-refractivity contribution in [3.8, 4) is 0 Å². The third-order valence-electron chi connectivity index (χ3n) is 3.39. The maximum absolute atomic E-state index is 11.5. The van der Waals surface area contributed by atoms with E-state index >= 15 is 0 Å². The SMILES string of the molecule is NCCC[C@H](N)CC(CCc1ccccc1)C(N)=O. The van der Waals surface area contributed by atoms with Crippen LogP contribution in [-0.2, 0) is 11.2 Å².